The van der Waals surface area contributed by atoms with Crippen LogP contribution in [0.4, 0.5) is 4.79 Å². The quantitative estimate of drug-likeness (QED) is 0.842. The monoisotopic (exact) mass is 331 g/mol. The second-order valence-corrected chi connectivity index (χ2v) is 7.26. The van der Waals surface area contributed by atoms with E-state index in [1.54, 1.807) is 11.1 Å². The third-order valence-corrected chi connectivity index (χ3v) is 4.23. The first kappa shape index (κ1) is 18.3. The summed E-state index contributed by atoms with van der Waals surface area (Å²) < 4.78 is 5.61. The summed E-state index contributed by atoms with van der Waals surface area (Å²) in [7, 11) is 0. The van der Waals surface area contributed by atoms with Crippen LogP contribution in [0, 0.1) is 6.92 Å². The minimum absolute atomic E-state index is 0.127. The molecule has 24 heavy (non-hydrogen) atoms. The van der Waals surface area contributed by atoms with Crippen molar-refractivity contribution < 1.29 is 9.53 Å². The highest BCUT2D eigenvalue weighted by molar-refractivity contribution is 5.69. The maximum Gasteiger partial charge on any atom is 0.410 e. The fourth-order valence-corrected chi connectivity index (χ4v) is 2.91. The van der Waals surface area contributed by atoms with Gasteiger partial charge in [0.25, 0.3) is 0 Å². The number of rotatable bonds is 3. The number of nitrogens with zero attached hydrogens (tertiary/aromatic N) is 3. The molecule has 2 rings (SSSR count). The molecule has 1 aliphatic rings. The van der Waals surface area contributed by atoms with Crippen LogP contribution in [-0.2, 0) is 4.74 Å². The summed E-state index contributed by atoms with van der Waals surface area (Å²) in [6.45, 7) is 16.0. The molecule has 1 aromatic heterocycles. The van der Waals surface area contributed by atoms with Gasteiger partial charge in [0, 0.05) is 31.5 Å². The van der Waals surface area contributed by atoms with Crippen LogP contribution >= 0.6 is 0 Å². The number of hydrogen-bond donors (Lipinski definition) is 0. The van der Waals surface area contributed by atoms with E-state index in [2.05, 4.69) is 23.4 Å². The number of aryl methyl sites for hydroxylation is 1. The Morgan fingerprint density at radius 2 is 2.12 bits per heavy atom. The molecule has 132 valence electrons. The summed E-state index contributed by atoms with van der Waals surface area (Å²) in [5.41, 5.74) is 2.60. The fourth-order valence-electron chi connectivity index (χ4n) is 2.91. The van der Waals surface area contributed by atoms with Crippen molar-refractivity contribution in [3.05, 3.63) is 41.9 Å². The van der Waals surface area contributed by atoms with E-state index < -0.39 is 5.60 Å². The van der Waals surface area contributed by atoms with Gasteiger partial charge in [-0.15, -0.1) is 0 Å². The Morgan fingerprint density at radius 3 is 2.71 bits per heavy atom. The van der Waals surface area contributed by atoms with Crippen molar-refractivity contribution in [3.8, 4) is 0 Å². The van der Waals surface area contributed by atoms with Crippen molar-refractivity contribution in [2.45, 2.75) is 52.7 Å². The van der Waals surface area contributed by atoms with Crippen LogP contribution in [0.2, 0.25) is 0 Å². The lowest BCUT2D eigenvalue weighted by atomic mass is 10.0. The molecule has 1 aliphatic heterocycles. The van der Waals surface area contributed by atoms with Crippen LogP contribution in [0.25, 0.3) is 0 Å². The lowest BCUT2D eigenvalue weighted by Gasteiger charge is -2.43. The minimum Gasteiger partial charge on any atom is -0.444 e. The van der Waals surface area contributed by atoms with Crippen molar-refractivity contribution in [3.63, 3.8) is 0 Å². The third-order valence-electron chi connectivity index (χ3n) is 4.23. The van der Waals surface area contributed by atoms with Gasteiger partial charge >= 0.3 is 6.09 Å². The van der Waals surface area contributed by atoms with Gasteiger partial charge in [0.1, 0.15) is 5.60 Å². The highest BCUT2D eigenvalue weighted by atomic mass is 16.6. The van der Waals surface area contributed by atoms with Crippen LogP contribution in [-0.4, -0.2) is 46.1 Å². The molecule has 5 nitrogen and oxygen atoms in total. The third kappa shape index (κ3) is 4.28. The lowest BCUT2D eigenvalue weighted by Crippen LogP contribution is -2.51. The molecule has 5 heteroatoms. The van der Waals surface area contributed by atoms with E-state index in [0.29, 0.717) is 13.1 Å². The van der Waals surface area contributed by atoms with Gasteiger partial charge in [-0.3, -0.25) is 9.88 Å². The molecule has 0 bridgehead atoms. The van der Waals surface area contributed by atoms with Crippen LogP contribution in [0.15, 0.2) is 30.6 Å². The molecular weight excluding hydrogens is 302 g/mol. The predicted octanol–water partition coefficient (Wildman–Crippen LogP) is 3.91. The summed E-state index contributed by atoms with van der Waals surface area (Å²) in [5.74, 6) is 0. The first-order valence-electron chi connectivity index (χ1n) is 8.56. The zero-order chi connectivity index (χ0) is 17.9. The van der Waals surface area contributed by atoms with E-state index in [1.807, 2.05) is 39.8 Å². The largest absolute Gasteiger partial charge is 0.444 e. The molecule has 1 amide bonds. The zero-order valence-corrected chi connectivity index (χ0v) is 15.5. The standard InChI is InChI=1S/C19H29N3O2/c1-7-15(3)21-11-12-22(18(23)24-19(4,5)6)16(13-21)17-14(2)9-8-10-20-17/h8-10,16H,3,7,11-13H2,1-2,4-6H3. The maximum atomic E-state index is 12.7. The summed E-state index contributed by atoms with van der Waals surface area (Å²) in [6.07, 6.45) is 2.41. The molecule has 1 fully saturated rings. The normalized spacial score (nSPS) is 18.5. The van der Waals surface area contributed by atoms with E-state index in [4.69, 9.17) is 4.74 Å². The van der Waals surface area contributed by atoms with Crippen LogP contribution in [0.5, 0.6) is 0 Å². The summed E-state index contributed by atoms with van der Waals surface area (Å²) in [5, 5.41) is 0. The van der Waals surface area contributed by atoms with Gasteiger partial charge in [-0.1, -0.05) is 19.6 Å². The maximum absolute atomic E-state index is 12.7. The van der Waals surface area contributed by atoms with Crippen molar-refractivity contribution >= 4 is 6.09 Å². The molecule has 1 atom stereocenters. The molecule has 0 N–H and O–H groups in total. The van der Waals surface area contributed by atoms with Crippen molar-refractivity contribution in [1.29, 1.82) is 0 Å². The number of amides is 1. The van der Waals surface area contributed by atoms with E-state index in [9.17, 15) is 4.79 Å². The van der Waals surface area contributed by atoms with Gasteiger partial charge in [0.2, 0.25) is 0 Å². The molecule has 1 unspecified atom stereocenters. The highest BCUT2D eigenvalue weighted by Crippen LogP contribution is 2.29. The Bertz CT molecular complexity index is 607. The van der Waals surface area contributed by atoms with Crippen LogP contribution in [0.1, 0.15) is 51.4 Å². The Hall–Kier alpha value is -2.04. The van der Waals surface area contributed by atoms with E-state index in [1.165, 1.54) is 0 Å². The number of hydrogen-bond acceptors (Lipinski definition) is 4. The second kappa shape index (κ2) is 7.24. The Balaban J connectivity index is 2.30. The Morgan fingerprint density at radius 1 is 1.42 bits per heavy atom. The van der Waals surface area contributed by atoms with Gasteiger partial charge in [-0.05, 0) is 45.7 Å². The number of aromatic nitrogens is 1. The van der Waals surface area contributed by atoms with Gasteiger partial charge in [0.15, 0.2) is 0 Å². The smallest absolute Gasteiger partial charge is 0.410 e. The number of pyridine rings is 1. The van der Waals surface area contributed by atoms with E-state index in [-0.39, 0.29) is 12.1 Å². The average molecular weight is 331 g/mol. The molecule has 1 saturated heterocycles. The van der Waals surface area contributed by atoms with Crippen LogP contribution < -0.4 is 0 Å². The fraction of sp³-hybridized carbons (Fsp3) is 0.579. The van der Waals surface area contributed by atoms with Gasteiger partial charge in [0.05, 0.1) is 11.7 Å². The second-order valence-electron chi connectivity index (χ2n) is 7.26. The molecule has 1 aromatic rings. The first-order chi connectivity index (χ1) is 11.2. The average Bonchev–Trinajstić information content (AvgIpc) is 2.52. The summed E-state index contributed by atoms with van der Waals surface area (Å²) >= 11 is 0. The SMILES string of the molecule is C=C(CC)N1CCN(C(=O)OC(C)(C)C)C(c2ncccc2C)C1. The zero-order valence-electron chi connectivity index (χ0n) is 15.5. The van der Waals surface area contributed by atoms with E-state index in [0.717, 1.165) is 29.9 Å². The molecule has 0 aromatic carbocycles. The molecule has 0 aliphatic carbocycles. The Labute approximate surface area is 145 Å². The first-order valence-corrected chi connectivity index (χ1v) is 8.56. The summed E-state index contributed by atoms with van der Waals surface area (Å²) in [4.78, 5) is 21.3. The predicted molar refractivity (Wildman–Crippen MR) is 95.7 cm³/mol. The minimum atomic E-state index is -0.509. The highest BCUT2D eigenvalue weighted by Gasteiger charge is 2.35. The number of allylic oxidation sites excluding steroid dienone is 1. The van der Waals surface area contributed by atoms with Gasteiger partial charge < -0.3 is 9.64 Å². The Kier molecular flexibility index (Phi) is 5.52. The van der Waals surface area contributed by atoms with Gasteiger partial charge in [-0.2, -0.15) is 0 Å². The van der Waals surface area contributed by atoms with Gasteiger partial charge in [-0.25, -0.2) is 4.79 Å². The van der Waals surface area contributed by atoms with Crippen LogP contribution in [0.3, 0.4) is 0 Å². The van der Waals surface area contributed by atoms with Crippen molar-refractivity contribution in [2.24, 2.45) is 0 Å². The summed E-state index contributed by atoms with van der Waals surface area (Å²) in [6, 6.07) is 3.82. The number of carbonyl (C=O) groups excluding carboxylic acids is 1. The topological polar surface area (TPSA) is 45.7 Å². The molecule has 0 saturated carbocycles. The lowest BCUT2D eigenvalue weighted by molar-refractivity contribution is 0.000893. The van der Waals surface area contributed by atoms with E-state index >= 15 is 0 Å². The molecule has 0 radical (unpaired) electrons. The molecular formula is C19H29N3O2. The number of carbonyl (C=O) groups is 1. The van der Waals surface area contributed by atoms with Crippen molar-refractivity contribution in [1.82, 2.24) is 14.8 Å². The molecule has 2 heterocycles. The molecule has 0 spiro atoms. The number of piperazine rings is 1. The number of ether oxygens (including phenoxy) is 1. The van der Waals surface area contributed by atoms with Crippen molar-refractivity contribution in [2.75, 3.05) is 19.6 Å².